The zero-order chi connectivity index (χ0) is 22.7. The van der Waals surface area contributed by atoms with E-state index in [1.807, 2.05) is 0 Å². The average Bonchev–Trinajstić information content (AvgIpc) is 3.24. The quantitative estimate of drug-likeness (QED) is 0.291. The lowest BCUT2D eigenvalue weighted by atomic mass is 9.88. The molecule has 4 aromatic rings. The molecule has 0 aliphatic rings. The molecule has 0 unspecified atom stereocenters. The molecule has 0 atom stereocenters. The summed E-state index contributed by atoms with van der Waals surface area (Å²) in [5.74, 6) is -1.11. The molecule has 1 heterocycles. The Balaban J connectivity index is 1.98. The van der Waals surface area contributed by atoms with E-state index in [1.165, 1.54) is 18.2 Å². The monoisotopic (exact) mass is 434 g/mol. The van der Waals surface area contributed by atoms with Crippen LogP contribution in [0.4, 0.5) is 13.2 Å². The molecule has 4 nitrogen and oxygen atoms in total. The van der Waals surface area contributed by atoms with Gasteiger partial charge < -0.3 is 5.11 Å². The van der Waals surface area contributed by atoms with Crippen molar-refractivity contribution in [2.75, 3.05) is 0 Å². The van der Waals surface area contributed by atoms with Gasteiger partial charge in [0, 0.05) is 17.0 Å². The zero-order valence-electron chi connectivity index (χ0n) is 16.6. The number of carboxylic acids is 1. The first-order valence-corrected chi connectivity index (χ1v) is 9.65. The van der Waals surface area contributed by atoms with Gasteiger partial charge in [0.25, 0.3) is 0 Å². The first-order valence-electron chi connectivity index (χ1n) is 9.65. The smallest absolute Gasteiger partial charge is 0.417 e. The van der Waals surface area contributed by atoms with Crippen LogP contribution in [0.3, 0.4) is 0 Å². The van der Waals surface area contributed by atoms with Crippen LogP contribution in [-0.2, 0) is 4.79 Å². The summed E-state index contributed by atoms with van der Waals surface area (Å²) in [6.07, 6.45) is -0.700. The highest BCUT2D eigenvalue weighted by atomic mass is 19.4. The van der Waals surface area contributed by atoms with Crippen molar-refractivity contribution in [1.29, 1.82) is 0 Å². The molecule has 0 saturated carbocycles. The van der Waals surface area contributed by atoms with Crippen molar-refractivity contribution in [3.63, 3.8) is 0 Å². The standard InChI is InChI=1S/C25H17F3N2O2/c26-25(27,28)24(18-4-2-1-3-5-18)23(19-11-12-21-20(14-19)15-29-30-21)17-9-6-16(7-10-17)8-13-22(31)32/h1-15H,(H,29,30)(H,31,32)/b13-8+,24-23-. The van der Waals surface area contributed by atoms with Gasteiger partial charge in [-0.25, -0.2) is 4.79 Å². The maximum absolute atomic E-state index is 14.4. The third-order valence-corrected chi connectivity index (χ3v) is 4.94. The maximum atomic E-state index is 14.4. The number of allylic oxidation sites excluding steroid dienone is 1. The first kappa shape index (κ1) is 21.1. The van der Waals surface area contributed by atoms with Gasteiger partial charge in [-0.15, -0.1) is 0 Å². The van der Waals surface area contributed by atoms with E-state index in [-0.39, 0.29) is 11.1 Å². The molecule has 160 valence electrons. The number of nitrogens with one attached hydrogen (secondary N) is 1. The Morgan fingerprint density at radius 1 is 0.906 bits per heavy atom. The molecule has 32 heavy (non-hydrogen) atoms. The Morgan fingerprint density at radius 3 is 2.25 bits per heavy atom. The van der Waals surface area contributed by atoms with Crippen molar-refractivity contribution >= 4 is 34.1 Å². The average molecular weight is 434 g/mol. The molecule has 1 aromatic heterocycles. The minimum absolute atomic E-state index is 0.0283. The van der Waals surface area contributed by atoms with Gasteiger partial charge in [0.15, 0.2) is 0 Å². The van der Waals surface area contributed by atoms with E-state index < -0.39 is 17.7 Å². The zero-order valence-corrected chi connectivity index (χ0v) is 16.6. The Labute approximate surface area is 181 Å². The Bertz CT molecular complexity index is 1320. The first-order chi connectivity index (χ1) is 15.3. The number of carboxylic acid groups (broad SMARTS) is 1. The SMILES string of the molecule is O=C(O)/C=C/c1ccc(/C(=C(\c2ccccc2)C(F)(F)F)c2ccc3[nH]ncc3c2)cc1. The van der Waals surface area contributed by atoms with Crippen molar-refractivity contribution in [3.8, 4) is 0 Å². The third-order valence-electron chi connectivity index (χ3n) is 4.94. The molecule has 0 spiro atoms. The van der Waals surface area contributed by atoms with E-state index in [2.05, 4.69) is 10.2 Å². The highest BCUT2D eigenvalue weighted by Gasteiger charge is 2.38. The lowest BCUT2D eigenvalue weighted by Gasteiger charge is -2.20. The van der Waals surface area contributed by atoms with Crippen LogP contribution < -0.4 is 0 Å². The molecule has 7 heteroatoms. The number of alkyl halides is 3. The number of hydrogen-bond donors (Lipinski definition) is 2. The number of fused-ring (bicyclic) bond motifs is 1. The molecule has 0 aliphatic heterocycles. The van der Waals surface area contributed by atoms with Gasteiger partial charge in [-0.1, -0.05) is 60.7 Å². The molecular weight excluding hydrogens is 417 g/mol. The number of aromatic amines is 1. The Kier molecular flexibility index (Phi) is 5.64. The van der Waals surface area contributed by atoms with Crippen LogP contribution >= 0.6 is 0 Å². The molecule has 0 saturated heterocycles. The van der Waals surface area contributed by atoms with Gasteiger partial charge in [0.2, 0.25) is 0 Å². The summed E-state index contributed by atoms with van der Waals surface area (Å²) in [5, 5.41) is 16.2. The summed E-state index contributed by atoms with van der Waals surface area (Å²) in [5.41, 5.74) is 1.36. The van der Waals surface area contributed by atoms with E-state index in [0.717, 1.165) is 11.6 Å². The number of hydrogen-bond acceptors (Lipinski definition) is 2. The van der Waals surface area contributed by atoms with Gasteiger partial charge in [-0.05, 0) is 40.5 Å². The predicted octanol–water partition coefficient (Wildman–Crippen LogP) is 6.18. The second-order valence-corrected chi connectivity index (χ2v) is 7.08. The highest BCUT2D eigenvalue weighted by Crippen LogP contribution is 2.43. The fourth-order valence-electron chi connectivity index (χ4n) is 3.54. The molecule has 0 fully saturated rings. The fourth-order valence-corrected chi connectivity index (χ4v) is 3.54. The van der Waals surface area contributed by atoms with Gasteiger partial charge in [-0.2, -0.15) is 18.3 Å². The van der Waals surface area contributed by atoms with Gasteiger partial charge in [0.05, 0.1) is 17.3 Å². The number of rotatable bonds is 5. The number of aromatic nitrogens is 2. The van der Waals surface area contributed by atoms with Crippen molar-refractivity contribution in [1.82, 2.24) is 10.2 Å². The number of H-pyrrole nitrogens is 1. The van der Waals surface area contributed by atoms with Crippen LogP contribution in [0.5, 0.6) is 0 Å². The number of benzene rings is 3. The van der Waals surface area contributed by atoms with Gasteiger partial charge in [-0.3, -0.25) is 5.10 Å². The Morgan fingerprint density at radius 2 is 1.59 bits per heavy atom. The topological polar surface area (TPSA) is 66.0 Å². The van der Waals surface area contributed by atoms with Gasteiger partial charge in [0.1, 0.15) is 0 Å². The molecule has 4 rings (SSSR count). The van der Waals surface area contributed by atoms with Crippen LogP contribution in [0.25, 0.3) is 28.1 Å². The molecule has 0 radical (unpaired) electrons. The van der Waals surface area contributed by atoms with E-state index in [4.69, 9.17) is 5.11 Å². The molecule has 0 bridgehead atoms. The lowest BCUT2D eigenvalue weighted by Crippen LogP contribution is -2.14. The van der Waals surface area contributed by atoms with Crippen molar-refractivity contribution < 1.29 is 23.1 Å². The number of halogens is 3. The van der Waals surface area contributed by atoms with Crippen molar-refractivity contribution in [3.05, 3.63) is 107 Å². The molecule has 2 N–H and O–H groups in total. The van der Waals surface area contributed by atoms with E-state index >= 15 is 0 Å². The van der Waals surface area contributed by atoms with Gasteiger partial charge >= 0.3 is 12.1 Å². The van der Waals surface area contributed by atoms with E-state index in [0.29, 0.717) is 22.1 Å². The van der Waals surface area contributed by atoms with Crippen molar-refractivity contribution in [2.45, 2.75) is 6.18 Å². The second-order valence-electron chi connectivity index (χ2n) is 7.08. The minimum atomic E-state index is -4.62. The highest BCUT2D eigenvalue weighted by molar-refractivity contribution is 6.02. The number of carbonyl (C=O) groups is 1. The molecule has 0 amide bonds. The largest absolute Gasteiger partial charge is 0.478 e. The predicted molar refractivity (Wildman–Crippen MR) is 118 cm³/mol. The van der Waals surface area contributed by atoms with Crippen LogP contribution in [0.1, 0.15) is 22.3 Å². The second kappa shape index (κ2) is 8.55. The van der Waals surface area contributed by atoms with Crippen LogP contribution in [0.15, 0.2) is 85.1 Å². The fraction of sp³-hybridized carbons (Fsp3) is 0.0400. The summed E-state index contributed by atoms with van der Waals surface area (Å²) in [7, 11) is 0. The number of aliphatic carboxylic acids is 1. The third kappa shape index (κ3) is 4.46. The lowest BCUT2D eigenvalue weighted by molar-refractivity contribution is -0.131. The summed E-state index contributed by atoms with van der Waals surface area (Å²) < 4.78 is 43.3. The molecule has 0 aliphatic carbocycles. The Hall–Kier alpha value is -4.13. The van der Waals surface area contributed by atoms with Crippen LogP contribution in [-0.4, -0.2) is 27.4 Å². The minimum Gasteiger partial charge on any atom is -0.478 e. The molecule has 3 aromatic carbocycles. The van der Waals surface area contributed by atoms with E-state index in [1.54, 1.807) is 66.9 Å². The maximum Gasteiger partial charge on any atom is 0.417 e. The van der Waals surface area contributed by atoms with Crippen LogP contribution in [0.2, 0.25) is 0 Å². The summed E-state index contributed by atoms with van der Waals surface area (Å²) in [6, 6.07) is 19.0. The summed E-state index contributed by atoms with van der Waals surface area (Å²) in [4.78, 5) is 10.7. The summed E-state index contributed by atoms with van der Waals surface area (Å²) >= 11 is 0. The van der Waals surface area contributed by atoms with E-state index in [9.17, 15) is 18.0 Å². The normalized spacial score (nSPS) is 12.8. The number of nitrogens with zero attached hydrogens (tertiary/aromatic N) is 1. The van der Waals surface area contributed by atoms with Crippen LogP contribution in [0, 0.1) is 0 Å². The van der Waals surface area contributed by atoms with Crippen molar-refractivity contribution in [2.24, 2.45) is 0 Å². The molecular formula is C25H17F3N2O2. The summed E-state index contributed by atoms with van der Waals surface area (Å²) in [6.45, 7) is 0.